The van der Waals surface area contributed by atoms with Crippen LogP contribution in [0, 0.1) is 5.82 Å². The van der Waals surface area contributed by atoms with E-state index in [4.69, 9.17) is 0 Å². The number of hydrogen-bond donors (Lipinski definition) is 1. The van der Waals surface area contributed by atoms with Crippen molar-refractivity contribution in [1.82, 2.24) is 14.1 Å². The van der Waals surface area contributed by atoms with Crippen molar-refractivity contribution >= 4 is 17.2 Å². The summed E-state index contributed by atoms with van der Waals surface area (Å²) in [6.07, 6.45) is 7.81. The molecule has 134 valence electrons. The molecular formula is C20H22FN5. The largest absolute Gasteiger partial charge is 0.371 e. The second-order valence-electron chi connectivity index (χ2n) is 6.64. The summed E-state index contributed by atoms with van der Waals surface area (Å²) in [6, 6.07) is 9.08. The number of rotatable bonds is 5. The van der Waals surface area contributed by atoms with Gasteiger partial charge in [0.2, 0.25) is 0 Å². The summed E-state index contributed by atoms with van der Waals surface area (Å²) in [5.41, 5.74) is 3.44. The first kappa shape index (κ1) is 16.4. The number of benzene rings is 1. The number of aromatic nitrogens is 3. The summed E-state index contributed by atoms with van der Waals surface area (Å²) in [5.74, 6) is 0.434. The van der Waals surface area contributed by atoms with E-state index in [1.807, 2.05) is 46.8 Å². The minimum atomic E-state index is -0.235. The van der Waals surface area contributed by atoms with Gasteiger partial charge in [0.1, 0.15) is 18.0 Å². The van der Waals surface area contributed by atoms with Crippen LogP contribution in [0.5, 0.6) is 0 Å². The molecule has 1 aromatic carbocycles. The first-order valence-corrected chi connectivity index (χ1v) is 8.78. The Labute approximate surface area is 152 Å². The van der Waals surface area contributed by atoms with Crippen LogP contribution in [0.25, 0.3) is 11.4 Å². The monoisotopic (exact) mass is 351 g/mol. The lowest BCUT2D eigenvalue weighted by Crippen LogP contribution is -2.18. The summed E-state index contributed by atoms with van der Waals surface area (Å²) >= 11 is 0. The molecule has 1 saturated heterocycles. The molecule has 0 saturated carbocycles. The van der Waals surface area contributed by atoms with Crippen molar-refractivity contribution in [3.05, 3.63) is 67.1 Å². The highest BCUT2D eigenvalue weighted by atomic mass is 19.1. The molecule has 0 atom stereocenters. The Hall–Kier alpha value is -3.02. The third-order valence-electron chi connectivity index (χ3n) is 4.75. The Morgan fingerprint density at radius 2 is 1.96 bits per heavy atom. The van der Waals surface area contributed by atoms with Crippen molar-refractivity contribution in [2.24, 2.45) is 7.05 Å². The van der Waals surface area contributed by atoms with E-state index in [0.29, 0.717) is 5.82 Å². The van der Waals surface area contributed by atoms with Gasteiger partial charge in [0.15, 0.2) is 0 Å². The van der Waals surface area contributed by atoms with Gasteiger partial charge in [-0.1, -0.05) is 6.58 Å². The molecule has 0 bridgehead atoms. The predicted molar refractivity (Wildman–Crippen MR) is 103 cm³/mol. The van der Waals surface area contributed by atoms with Crippen LogP contribution >= 0.6 is 0 Å². The minimum absolute atomic E-state index is 0.235. The lowest BCUT2D eigenvalue weighted by Gasteiger charge is -2.18. The SMILES string of the molecule is C=C(Nc1cn(-c2cc(F)cc(N3CCCC3)c2)cn1)c1cccn1C. The lowest BCUT2D eigenvalue weighted by molar-refractivity contribution is 0.626. The van der Waals surface area contributed by atoms with Gasteiger partial charge < -0.3 is 19.4 Å². The number of hydrogen-bond acceptors (Lipinski definition) is 3. The summed E-state index contributed by atoms with van der Waals surface area (Å²) in [6.45, 7) is 6.03. The molecule has 26 heavy (non-hydrogen) atoms. The molecular weight excluding hydrogens is 329 g/mol. The molecule has 4 rings (SSSR count). The van der Waals surface area contributed by atoms with Crippen LogP contribution < -0.4 is 10.2 Å². The van der Waals surface area contributed by atoms with Crippen molar-refractivity contribution in [2.45, 2.75) is 12.8 Å². The van der Waals surface area contributed by atoms with E-state index in [2.05, 4.69) is 21.8 Å². The second-order valence-corrected chi connectivity index (χ2v) is 6.64. The maximum Gasteiger partial charge on any atom is 0.149 e. The van der Waals surface area contributed by atoms with E-state index in [9.17, 15) is 4.39 Å². The Kier molecular flexibility index (Phi) is 4.24. The van der Waals surface area contributed by atoms with E-state index in [1.54, 1.807) is 12.4 Å². The zero-order valence-electron chi connectivity index (χ0n) is 14.8. The molecule has 1 aliphatic rings. The highest BCUT2D eigenvalue weighted by Crippen LogP contribution is 2.25. The van der Waals surface area contributed by atoms with E-state index in [1.165, 1.54) is 6.07 Å². The molecule has 0 unspecified atom stereocenters. The molecule has 1 N–H and O–H groups in total. The molecule has 0 amide bonds. The average molecular weight is 351 g/mol. The van der Waals surface area contributed by atoms with Crippen LogP contribution in [-0.4, -0.2) is 27.2 Å². The fourth-order valence-corrected chi connectivity index (χ4v) is 3.39. The Balaban J connectivity index is 1.56. The second kappa shape index (κ2) is 6.71. The first-order chi connectivity index (χ1) is 12.6. The molecule has 0 radical (unpaired) electrons. The fraction of sp³-hybridized carbons (Fsp3) is 0.250. The Bertz CT molecular complexity index is 933. The van der Waals surface area contributed by atoms with Crippen molar-refractivity contribution in [1.29, 1.82) is 0 Å². The van der Waals surface area contributed by atoms with Gasteiger partial charge in [-0.05, 0) is 43.2 Å². The molecule has 1 fully saturated rings. The lowest BCUT2D eigenvalue weighted by atomic mass is 10.2. The van der Waals surface area contributed by atoms with E-state index in [0.717, 1.165) is 48.7 Å². The van der Waals surface area contributed by atoms with Crippen LogP contribution in [-0.2, 0) is 7.05 Å². The summed E-state index contributed by atoms with van der Waals surface area (Å²) in [5, 5.41) is 3.21. The van der Waals surface area contributed by atoms with Crippen LogP contribution in [0.2, 0.25) is 0 Å². The summed E-state index contributed by atoms with van der Waals surface area (Å²) in [4.78, 5) is 6.60. The highest BCUT2D eigenvalue weighted by Gasteiger charge is 2.15. The van der Waals surface area contributed by atoms with Gasteiger partial charge in [-0.25, -0.2) is 9.37 Å². The first-order valence-electron chi connectivity index (χ1n) is 8.78. The van der Waals surface area contributed by atoms with Crippen molar-refractivity contribution < 1.29 is 4.39 Å². The van der Waals surface area contributed by atoms with Crippen LogP contribution in [0.3, 0.4) is 0 Å². The summed E-state index contributed by atoms with van der Waals surface area (Å²) in [7, 11) is 1.97. The molecule has 3 aromatic rings. The average Bonchev–Trinajstić information content (AvgIpc) is 3.35. The van der Waals surface area contributed by atoms with Gasteiger partial charge in [-0.2, -0.15) is 0 Å². The molecule has 5 nitrogen and oxygen atoms in total. The van der Waals surface area contributed by atoms with Gasteiger partial charge in [0.05, 0.1) is 23.3 Å². The minimum Gasteiger partial charge on any atom is -0.371 e. The molecule has 0 aliphatic carbocycles. The number of nitrogens with zero attached hydrogens (tertiary/aromatic N) is 4. The predicted octanol–water partition coefficient (Wildman–Crippen LogP) is 4.03. The van der Waals surface area contributed by atoms with Gasteiger partial charge in [0, 0.05) is 32.0 Å². The third kappa shape index (κ3) is 3.22. The number of halogens is 1. The van der Waals surface area contributed by atoms with Gasteiger partial charge in [0.25, 0.3) is 0 Å². The van der Waals surface area contributed by atoms with Crippen molar-refractivity contribution in [2.75, 3.05) is 23.3 Å². The van der Waals surface area contributed by atoms with Crippen LogP contribution in [0.15, 0.2) is 55.6 Å². The number of anilines is 2. The fourth-order valence-electron chi connectivity index (χ4n) is 3.39. The topological polar surface area (TPSA) is 38.0 Å². The van der Waals surface area contributed by atoms with Crippen LogP contribution in [0.4, 0.5) is 15.9 Å². The van der Waals surface area contributed by atoms with Gasteiger partial charge in [-0.3, -0.25) is 0 Å². The highest BCUT2D eigenvalue weighted by molar-refractivity contribution is 5.72. The van der Waals surface area contributed by atoms with Crippen molar-refractivity contribution in [3.63, 3.8) is 0 Å². The number of aryl methyl sites for hydroxylation is 1. The third-order valence-corrected chi connectivity index (χ3v) is 4.75. The molecule has 6 heteroatoms. The molecule has 1 aliphatic heterocycles. The zero-order chi connectivity index (χ0) is 18.1. The normalized spacial score (nSPS) is 14.0. The Morgan fingerprint density at radius 1 is 1.19 bits per heavy atom. The quantitative estimate of drug-likeness (QED) is 0.754. The van der Waals surface area contributed by atoms with Crippen LogP contribution in [0.1, 0.15) is 18.5 Å². The zero-order valence-corrected chi connectivity index (χ0v) is 14.8. The number of imidazole rings is 1. The maximum atomic E-state index is 14.1. The van der Waals surface area contributed by atoms with Crippen molar-refractivity contribution in [3.8, 4) is 5.69 Å². The van der Waals surface area contributed by atoms with E-state index < -0.39 is 0 Å². The van der Waals surface area contributed by atoms with E-state index in [-0.39, 0.29) is 5.82 Å². The molecule has 3 heterocycles. The smallest absolute Gasteiger partial charge is 0.149 e. The molecule has 2 aromatic heterocycles. The summed E-state index contributed by atoms with van der Waals surface area (Å²) < 4.78 is 17.9. The standard InChI is InChI=1S/C20H22FN5/c1-15(19-6-5-7-24(19)2)23-20-13-26(14-22-20)18-11-16(21)10-17(12-18)25-8-3-4-9-25/h5-7,10-14,23H,1,3-4,8-9H2,2H3. The molecule has 0 spiro atoms. The van der Waals surface area contributed by atoms with Gasteiger partial charge in [-0.15, -0.1) is 0 Å². The van der Waals surface area contributed by atoms with Gasteiger partial charge >= 0.3 is 0 Å². The van der Waals surface area contributed by atoms with E-state index >= 15 is 0 Å². The maximum absolute atomic E-state index is 14.1. The number of nitrogens with one attached hydrogen (secondary N) is 1. The Morgan fingerprint density at radius 3 is 2.69 bits per heavy atom.